The lowest BCUT2D eigenvalue weighted by Gasteiger charge is -2.09. The summed E-state index contributed by atoms with van der Waals surface area (Å²) in [5.41, 5.74) is -2.24. The van der Waals surface area contributed by atoms with Crippen LogP contribution >= 0.6 is 0 Å². The Morgan fingerprint density at radius 3 is 2.29 bits per heavy atom. The monoisotopic (exact) mass is 206 g/mol. The lowest BCUT2D eigenvalue weighted by atomic mass is 10.1. The van der Waals surface area contributed by atoms with Crippen LogP contribution in [0.4, 0.5) is 13.2 Å². The molecular weight excluding hydrogens is 201 g/mol. The lowest BCUT2D eigenvalue weighted by molar-refractivity contribution is -0.138. The zero-order valence-electron chi connectivity index (χ0n) is 6.67. The Kier molecular flexibility index (Phi) is 2.37. The van der Waals surface area contributed by atoms with Gasteiger partial charge in [-0.15, -0.1) is 0 Å². The molecular formula is C8H5F3O3. The van der Waals surface area contributed by atoms with Crippen molar-refractivity contribution in [1.82, 2.24) is 0 Å². The molecule has 0 radical (unpaired) electrons. The molecule has 0 amide bonds. The Morgan fingerprint density at radius 2 is 1.86 bits per heavy atom. The molecule has 3 nitrogen and oxygen atoms in total. The van der Waals surface area contributed by atoms with E-state index >= 15 is 0 Å². The second-order valence-corrected chi connectivity index (χ2v) is 2.53. The zero-order valence-corrected chi connectivity index (χ0v) is 6.67. The van der Waals surface area contributed by atoms with E-state index < -0.39 is 29.0 Å². The van der Waals surface area contributed by atoms with Gasteiger partial charge >= 0.3 is 12.1 Å². The van der Waals surface area contributed by atoms with E-state index in [0.717, 1.165) is 6.07 Å². The molecule has 14 heavy (non-hydrogen) atoms. The fourth-order valence-electron chi connectivity index (χ4n) is 0.956. The number of aromatic carboxylic acids is 1. The highest BCUT2D eigenvalue weighted by molar-refractivity contribution is 5.90. The number of carboxylic acid groups (broad SMARTS) is 1. The van der Waals surface area contributed by atoms with Crippen molar-refractivity contribution < 1.29 is 28.2 Å². The molecule has 1 rings (SSSR count). The summed E-state index contributed by atoms with van der Waals surface area (Å²) in [7, 11) is 0. The second kappa shape index (κ2) is 3.21. The number of carboxylic acids is 1. The third-order valence-electron chi connectivity index (χ3n) is 1.54. The Hall–Kier alpha value is -1.72. The fourth-order valence-corrected chi connectivity index (χ4v) is 0.956. The van der Waals surface area contributed by atoms with Crippen LogP contribution in [0.2, 0.25) is 0 Å². The van der Waals surface area contributed by atoms with Crippen molar-refractivity contribution >= 4 is 5.97 Å². The molecule has 0 aromatic heterocycles. The molecule has 1 aromatic rings. The molecule has 2 N–H and O–H groups in total. The number of phenolic OH excluding ortho intramolecular Hbond substituents is 1. The third kappa shape index (κ3) is 1.95. The van der Waals surface area contributed by atoms with Crippen LogP contribution in [0.3, 0.4) is 0 Å². The first-order chi connectivity index (χ1) is 6.32. The predicted octanol–water partition coefficient (Wildman–Crippen LogP) is 2.11. The SMILES string of the molecule is O=C(O)c1cc(O)ccc1C(F)(F)F. The van der Waals surface area contributed by atoms with Gasteiger partial charge in [0.15, 0.2) is 0 Å². The summed E-state index contributed by atoms with van der Waals surface area (Å²) in [5.74, 6) is -2.25. The van der Waals surface area contributed by atoms with E-state index in [1.54, 1.807) is 0 Å². The smallest absolute Gasteiger partial charge is 0.417 e. The van der Waals surface area contributed by atoms with Gasteiger partial charge in [-0.1, -0.05) is 0 Å². The van der Waals surface area contributed by atoms with Gasteiger partial charge in [0.25, 0.3) is 0 Å². The van der Waals surface area contributed by atoms with Crippen LogP contribution in [-0.4, -0.2) is 16.2 Å². The Morgan fingerprint density at radius 1 is 1.29 bits per heavy atom. The average Bonchev–Trinajstić information content (AvgIpc) is 2.01. The summed E-state index contributed by atoms with van der Waals surface area (Å²) in [5, 5.41) is 17.3. The van der Waals surface area contributed by atoms with E-state index in [2.05, 4.69) is 0 Å². The first-order valence-electron chi connectivity index (χ1n) is 3.46. The highest BCUT2D eigenvalue weighted by Crippen LogP contribution is 2.33. The van der Waals surface area contributed by atoms with Crippen LogP contribution in [0.1, 0.15) is 15.9 Å². The largest absolute Gasteiger partial charge is 0.508 e. The van der Waals surface area contributed by atoms with Crippen molar-refractivity contribution in [3.63, 3.8) is 0 Å². The van der Waals surface area contributed by atoms with Gasteiger partial charge in [-0.2, -0.15) is 13.2 Å². The summed E-state index contributed by atoms with van der Waals surface area (Å²) in [6.07, 6.45) is -4.73. The van der Waals surface area contributed by atoms with E-state index in [-0.39, 0.29) is 0 Å². The van der Waals surface area contributed by atoms with Crippen molar-refractivity contribution in [2.45, 2.75) is 6.18 Å². The van der Waals surface area contributed by atoms with Crippen LogP contribution < -0.4 is 0 Å². The number of hydrogen-bond acceptors (Lipinski definition) is 2. The van der Waals surface area contributed by atoms with Gasteiger partial charge in [-0.25, -0.2) is 4.79 Å². The second-order valence-electron chi connectivity index (χ2n) is 2.53. The number of alkyl halides is 3. The van der Waals surface area contributed by atoms with Crippen LogP contribution in [0, 0.1) is 0 Å². The van der Waals surface area contributed by atoms with Crippen LogP contribution in [-0.2, 0) is 6.18 Å². The van der Waals surface area contributed by atoms with Gasteiger partial charge in [0.1, 0.15) is 5.75 Å². The number of rotatable bonds is 1. The van der Waals surface area contributed by atoms with E-state index in [4.69, 9.17) is 10.2 Å². The molecule has 0 aliphatic heterocycles. The van der Waals surface area contributed by atoms with Crippen molar-refractivity contribution in [2.75, 3.05) is 0 Å². The Labute approximate surface area is 76.4 Å². The van der Waals surface area contributed by atoms with Gasteiger partial charge in [-0.3, -0.25) is 0 Å². The number of phenols is 1. The third-order valence-corrected chi connectivity index (χ3v) is 1.54. The first-order valence-corrected chi connectivity index (χ1v) is 3.46. The first kappa shape index (κ1) is 10.4. The quantitative estimate of drug-likeness (QED) is 0.739. The highest BCUT2D eigenvalue weighted by atomic mass is 19.4. The fraction of sp³-hybridized carbons (Fsp3) is 0.125. The minimum atomic E-state index is -4.73. The Balaban J connectivity index is 3.37. The summed E-state index contributed by atoms with van der Waals surface area (Å²) >= 11 is 0. The van der Waals surface area contributed by atoms with Crippen LogP contribution in [0.15, 0.2) is 18.2 Å². The maximum Gasteiger partial charge on any atom is 0.417 e. The normalized spacial score (nSPS) is 11.4. The Bertz CT molecular complexity index is 371. The molecule has 0 aliphatic carbocycles. The molecule has 0 aliphatic rings. The summed E-state index contributed by atoms with van der Waals surface area (Å²) in [6.45, 7) is 0. The molecule has 1 aromatic carbocycles. The molecule has 76 valence electrons. The maximum atomic E-state index is 12.2. The summed E-state index contributed by atoms with van der Waals surface area (Å²) in [4.78, 5) is 10.4. The van der Waals surface area contributed by atoms with E-state index in [9.17, 15) is 18.0 Å². The van der Waals surface area contributed by atoms with Crippen LogP contribution in [0.25, 0.3) is 0 Å². The lowest BCUT2D eigenvalue weighted by Crippen LogP contribution is -2.12. The molecule has 0 saturated carbocycles. The minimum Gasteiger partial charge on any atom is -0.508 e. The highest BCUT2D eigenvalue weighted by Gasteiger charge is 2.35. The molecule has 0 unspecified atom stereocenters. The molecule has 0 spiro atoms. The van der Waals surface area contributed by atoms with Crippen molar-refractivity contribution in [1.29, 1.82) is 0 Å². The topological polar surface area (TPSA) is 57.5 Å². The van der Waals surface area contributed by atoms with Gasteiger partial charge < -0.3 is 10.2 Å². The molecule has 0 atom stereocenters. The zero-order chi connectivity index (χ0) is 10.9. The molecule has 0 bridgehead atoms. The van der Waals surface area contributed by atoms with Gasteiger partial charge in [0, 0.05) is 0 Å². The van der Waals surface area contributed by atoms with E-state index in [1.165, 1.54) is 0 Å². The average molecular weight is 206 g/mol. The van der Waals surface area contributed by atoms with Crippen molar-refractivity contribution in [2.24, 2.45) is 0 Å². The summed E-state index contributed by atoms with van der Waals surface area (Å²) < 4.78 is 36.6. The van der Waals surface area contributed by atoms with E-state index in [1.807, 2.05) is 0 Å². The maximum absolute atomic E-state index is 12.2. The molecule has 0 heterocycles. The number of carbonyl (C=O) groups is 1. The van der Waals surface area contributed by atoms with Crippen LogP contribution in [0.5, 0.6) is 5.75 Å². The van der Waals surface area contributed by atoms with Gasteiger partial charge in [0.05, 0.1) is 11.1 Å². The summed E-state index contributed by atoms with van der Waals surface area (Å²) in [6, 6.07) is 1.87. The number of aromatic hydroxyl groups is 1. The standard InChI is InChI=1S/C8H5F3O3/c9-8(10,11)6-2-1-4(12)3-5(6)7(13)14/h1-3,12H,(H,13,14). The van der Waals surface area contributed by atoms with Crippen molar-refractivity contribution in [3.8, 4) is 5.75 Å². The molecule has 0 fully saturated rings. The number of benzene rings is 1. The van der Waals surface area contributed by atoms with E-state index in [0.29, 0.717) is 12.1 Å². The van der Waals surface area contributed by atoms with Gasteiger partial charge in [0.2, 0.25) is 0 Å². The molecule has 6 heteroatoms. The molecule has 0 saturated heterocycles. The number of hydrogen-bond donors (Lipinski definition) is 2. The van der Waals surface area contributed by atoms with Crippen molar-refractivity contribution in [3.05, 3.63) is 29.3 Å². The number of halogens is 3. The minimum absolute atomic E-state index is 0.518. The predicted molar refractivity (Wildman–Crippen MR) is 40.1 cm³/mol. The van der Waals surface area contributed by atoms with Gasteiger partial charge in [-0.05, 0) is 18.2 Å².